The van der Waals surface area contributed by atoms with Gasteiger partial charge in [-0.2, -0.15) is 0 Å². The highest BCUT2D eigenvalue weighted by molar-refractivity contribution is 8.00. The van der Waals surface area contributed by atoms with Gasteiger partial charge in [0.05, 0.1) is 7.11 Å². The molecule has 88 valence electrons. The third-order valence-electron chi connectivity index (χ3n) is 3.13. The molecule has 0 fully saturated rings. The van der Waals surface area contributed by atoms with Crippen LogP contribution in [0.1, 0.15) is 31.0 Å². The second kappa shape index (κ2) is 4.13. The normalized spacial score (nSPS) is 22.7. The van der Waals surface area contributed by atoms with Crippen LogP contribution in [0.25, 0.3) is 0 Å². The Kier molecular flexibility index (Phi) is 3.12. The average molecular weight is 258 g/mol. The third-order valence-corrected chi connectivity index (χ3v) is 4.89. The molecule has 1 unspecified atom stereocenters. The lowest BCUT2D eigenvalue weighted by molar-refractivity contribution is 0.408. The largest absolute Gasteiger partial charge is 0.496 e. The van der Waals surface area contributed by atoms with Crippen molar-refractivity contribution in [2.75, 3.05) is 7.11 Å². The Bertz CT molecular complexity index is 420. The van der Waals surface area contributed by atoms with E-state index in [0.717, 1.165) is 27.7 Å². The first-order valence-electron chi connectivity index (χ1n) is 5.22. The Hall–Kier alpha value is -0.380. The summed E-state index contributed by atoms with van der Waals surface area (Å²) in [6.45, 7) is 4.31. The quantitative estimate of drug-likeness (QED) is 0.838. The maximum absolute atomic E-state index is 6.29. The van der Waals surface area contributed by atoms with Gasteiger partial charge in [0, 0.05) is 27.1 Å². The SMILES string of the molecule is COc1ccc(Cl)c2c1CSC(C)(C)C2N. The molecule has 0 bridgehead atoms. The van der Waals surface area contributed by atoms with E-state index in [1.807, 2.05) is 23.9 Å². The summed E-state index contributed by atoms with van der Waals surface area (Å²) in [6.07, 6.45) is 0. The number of rotatable bonds is 1. The minimum absolute atomic E-state index is 0.0169. The summed E-state index contributed by atoms with van der Waals surface area (Å²) < 4.78 is 5.37. The highest BCUT2D eigenvalue weighted by atomic mass is 35.5. The number of nitrogens with two attached hydrogens (primary N) is 1. The van der Waals surface area contributed by atoms with Crippen LogP contribution >= 0.6 is 23.4 Å². The molecule has 1 heterocycles. The van der Waals surface area contributed by atoms with E-state index in [-0.39, 0.29) is 10.8 Å². The Labute approximate surface area is 105 Å². The van der Waals surface area contributed by atoms with Crippen molar-refractivity contribution in [3.8, 4) is 5.75 Å². The lowest BCUT2D eigenvalue weighted by Gasteiger charge is -2.38. The van der Waals surface area contributed by atoms with Crippen molar-refractivity contribution in [1.82, 2.24) is 0 Å². The van der Waals surface area contributed by atoms with Gasteiger partial charge in [-0.3, -0.25) is 0 Å². The van der Waals surface area contributed by atoms with Crippen molar-refractivity contribution in [1.29, 1.82) is 0 Å². The van der Waals surface area contributed by atoms with Gasteiger partial charge in [-0.05, 0) is 31.5 Å². The molecular weight excluding hydrogens is 242 g/mol. The van der Waals surface area contributed by atoms with Crippen LogP contribution in [0.2, 0.25) is 5.02 Å². The van der Waals surface area contributed by atoms with Gasteiger partial charge in [0.2, 0.25) is 0 Å². The Morgan fingerprint density at radius 2 is 2.19 bits per heavy atom. The summed E-state index contributed by atoms with van der Waals surface area (Å²) in [4.78, 5) is 0. The summed E-state index contributed by atoms with van der Waals surface area (Å²) in [7, 11) is 1.68. The molecule has 0 aromatic heterocycles. The van der Waals surface area contributed by atoms with E-state index < -0.39 is 0 Å². The van der Waals surface area contributed by atoms with Crippen LogP contribution in [0.15, 0.2) is 12.1 Å². The van der Waals surface area contributed by atoms with Crippen molar-refractivity contribution in [2.24, 2.45) is 5.73 Å². The lowest BCUT2D eigenvalue weighted by Crippen LogP contribution is -2.36. The van der Waals surface area contributed by atoms with Gasteiger partial charge in [-0.1, -0.05) is 11.6 Å². The summed E-state index contributed by atoms with van der Waals surface area (Å²) in [6, 6.07) is 3.72. The molecule has 1 aromatic carbocycles. The zero-order valence-electron chi connectivity index (χ0n) is 9.71. The molecule has 2 N–H and O–H groups in total. The van der Waals surface area contributed by atoms with E-state index in [0.29, 0.717) is 0 Å². The van der Waals surface area contributed by atoms with Crippen molar-refractivity contribution >= 4 is 23.4 Å². The van der Waals surface area contributed by atoms with E-state index in [2.05, 4.69) is 13.8 Å². The number of methoxy groups -OCH3 is 1. The molecule has 0 spiro atoms. The Morgan fingerprint density at radius 3 is 2.81 bits per heavy atom. The van der Waals surface area contributed by atoms with Crippen LogP contribution in [0, 0.1) is 0 Å². The van der Waals surface area contributed by atoms with Crippen LogP contribution < -0.4 is 10.5 Å². The number of benzene rings is 1. The number of ether oxygens (including phenoxy) is 1. The second-order valence-corrected chi connectivity index (χ2v) is 6.55. The summed E-state index contributed by atoms with van der Waals surface area (Å²) in [5.41, 5.74) is 8.48. The molecule has 0 amide bonds. The van der Waals surface area contributed by atoms with E-state index >= 15 is 0 Å². The average Bonchev–Trinajstić information content (AvgIpc) is 2.24. The minimum atomic E-state index is -0.0520. The van der Waals surface area contributed by atoms with Crippen LogP contribution in [0.3, 0.4) is 0 Å². The van der Waals surface area contributed by atoms with Crippen LogP contribution in [-0.4, -0.2) is 11.9 Å². The fourth-order valence-electron chi connectivity index (χ4n) is 1.99. The Balaban J connectivity index is 2.59. The van der Waals surface area contributed by atoms with Gasteiger partial charge in [-0.15, -0.1) is 11.8 Å². The standard InChI is InChI=1S/C12H16ClNOS/c1-12(2)11(14)10-7(6-16-12)9(15-3)5-4-8(10)13/h4-5,11H,6,14H2,1-3H3. The van der Waals surface area contributed by atoms with Gasteiger partial charge in [0.15, 0.2) is 0 Å². The molecule has 0 saturated heterocycles. The van der Waals surface area contributed by atoms with E-state index in [4.69, 9.17) is 22.1 Å². The zero-order chi connectivity index (χ0) is 11.9. The third kappa shape index (κ3) is 1.81. The summed E-state index contributed by atoms with van der Waals surface area (Å²) >= 11 is 8.09. The number of thioether (sulfide) groups is 1. The van der Waals surface area contributed by atoms with Crippen LogP contribution in [0.5, 0.6) is 5.75 Å². The first kappa shape index (κ1) is 12.1. The zero-order valence-corrected chi connectivity index (χ0v) is 11.3. The molecule has 2 rings (SSSR count). The molecule has 1 aromatic rings. The molecule has 1 atom stereocenters. The van der Waals surface area contributed by atoms with Crippen molar-refractivity contribution in [3.63, 3.8) is 0 Å². The fraction of sp³-hybridized carbons (Fsp3) is 0.500. The molecule has 2 nitrogen and oxygen atoms in total. The predicted molar refractivity (Wildman–Crippen MR) is 70.3 cm³/mol. The highest BCUT2D eigenvalue weighted by Crippen LogP contribution is 2.49. The number of hydrogen-bond donors (Lipinski definition) is 1. The molecular formula is C12H16ClNOS. The van der Waals surface area contributed by atoms with Crippen molar-refractivity contribution < 1.29 is 4.74 Å². The van der Waals surface area contributed by atoms with Gasteiger partial charge in [0.1, 0.15) is 5.75 Å². The minimum Gasteiger partial charge on any atom is -0.496 e. The fourth-order valence-corrected chi connectivity index (χ4v) is 3.39. The first-order chi connectivity index (χ1) is 7.47. The molecule has 0 saturated carbocycles. The molecule has 0 radical (unpaired) electrons. The lowest BCUT2D eigenvalue weighted by atomic mass is 9.91. The van der Waals surface area contributed by atoms with Gasteiger partial charge in [-0.25, -0.2) is 0 Å². The highest BCUT2D eigenvalue weighted by Gasteiger charge is 2.36. The van der Waals surface area contributed by atoms with Gasteiger partial charge < -0.3 is 10.5 Å². The number of halogens is 1. The van der Waals surface area contributed by atoms with Crippen LogP contribution in [-0.2, 0) is 5.75 Å². The first-order valence-corrected chi connectivity index (χ1v) is 6.58. The van der Waals surface area contributed by atoms with Crippen molar-refractivity contribution in [2.45, 2.75) is 30.4 Å². The number of fused-ring (bicyclic) bond motifs is 1. The predicted octanol–water partition coefficient (Wildman–Crippen LogP) is 3.37. The monoisotopic (exact) mass is 257 g/mol. The second-order valence-electron chi connectivity index (χ2n) is 4.51. The molecule has 1 aliphatic heterocycles. The Morgan fingerprint density at radius 1 is 1.50 bits per heavy atom. The molecule has 0 aliphatic carbocycles. The summed E-state index contributed by atoms with van der Waals surface area (Å²) in [5, 5.41) is 0.747. The molecule has 16 heavy (non-hydrogen) atoms. The number of hydrogen-bond acceptors (Lipinski definition) is 3. The summed E-state index contributed by atoms with van der Waals surface area (Å²) in [5.74, 6) is 1.79. The van der Waals surface area contributed by atoms with Gasteiger partial charge >= 0.3 is 0 Å². The maximum atomic E-state index is 6.29. The molecule has 4 heteroatoms. The van der Waals surface area contributed by atoms with Crippen LogP contribution in [0.4, 0.5) is 0 Å². The van der Waals surface area contributed by atoms with Crippen molar-refractivity contribution in [3.05, 3.63) is 28.3 Å². The van der Waals surface area contributed by atoms with E-state index in [9.17, 15) is 0 Å². The molecule has 1 aliphatic rings. The topological polar surface area (TPSA) is 35.2 Å². The smallest absolute Gasteiger partial charge is 0.123 e. The van der Waals surface area contributed by atoms with E-state index in [1.165, 1.54) is 0 Å². The van der Waals surface area contributed by atoms with E-state index in [1.54, 1.807) is 7.11 Å². The maximum Gasteiger partial charge on any atom is 0.123 e. The van der Waals surface area contributed by atoms with Gasteiger partial charge in [0.25, 0.3) is 0 Å².